The zero-order valence-corrected chi connectivity index (χ0v) is 10.8. The maximum Gasteiger partial charge on any atom is 0.122 e. The summed E-state index contributed by atoms with van der Waals surface area (Å²) in [5.74, 6) is 0.111. The lowest BCUT2D eigenvalue weighted by molar-refractivity contribution is 0.205. The van der Waals surface area contributed by atoms with Gasteiger partial charge < -0.3 is 15.4 Å². The third-order valence-electron chi connectivity index (χ3n) is 2.80. The van der Waals surface area contributed by atoms with E-state index in [-0.39, 0.29) is 5.84 Å². The zero-order chi connectivity index (χ0) is 12.8. The van der Waals surface area contributed by atoms with Gasteiger partial charge in [0.05, 0.1) is 6.61 Å². The van der Waals surface area contributed by atoms with Crippen LogP contribution in [0.2, 0.25) is 0 Å². The number of nitrogens with one attached hydrogen (secondary N) is 1. The van der Waals surface area contributed by atoms with Crippen LogP contribution in [-0.4, -0.2) is 32.6 Å². The summed E-state index contributed by atoms with van der Waals surface area (Å²) in [7, 11) is 1.71. The highest BCUT2D eigenvalue weighted by molar-refractivity contribution is 5.95. The van der Waals surface area contributed by atoms with Gasteiger partial charge >= 0.3 is 0 Å². The molecule has 0 bridgehead atoms. The summed E-state index contributed by atoms with van der Waals surface area (Å²) in [6.45, 7) is 6.67. The number of nitrogens with zero attached hydrogens (tertiary/aromatic N) is 1. The number of benzene rings is 1. The van der Waals surface area contributed by atoms with Gasteiger partial charge in [0.2, 0.25) is 0 Å². The highest BCUT2D eigenvalue weighted by Crippen LogP contribution is 2.20. The molecule has 3 N–H and O–H groups in total. The molecule has 94 valence electrons. The summed E-state index contributed by atoms with van der Waals surface area (Å²) < 4.78 is 5.10. The molecule has 1 aromatic carbocycles. The van der Waals surface area contributed by atoms with Gasteiger partial charge in [-0.2, -0.15) is 0 Å². The second-order valence-corrected chi connectivity index (χ2v) is 3.99. The van der Waals surface area contributed by atoms with Crippen molar-refractivity contribution in [2.45, 2.75) is 13.8 Å². The third-order valence-corrected chi connectivity index (χ3v) is 2.80. The molecule has 0 saturated carbocycles. The Morgan fingerprint density at radius 3 is 2.65 bits per heavy atom. The maximum atomic E-state index is 7.41. The number of rotatable bonds is 6. The third kappa shape index (κ3) is 3.46. The van der Waals surface area contributed by atoms with Crippen molar-refractivity contribution in [2.75, 3.05) is 31.7 Å². The Hall–Kier alpha value is -1.55. The second-order valence-electron chi connectivity index (χ2n) is 3.99. The minimum atomic E-state index is 0.111. The quantitative estimate of drug-likeness (QED) is 0.583. The normalized spacial score (nSPS) is 10.3. The molecule has 0 aliphatic heterocycles. The van der Waals surface area contributed by atoms with Crippen molar-refractivity contribution in [3.8, 4) is 0 Å². The van der Waals surface area contributed by atoms with Crippen LogP contribution in [0.25, 0.3) is 0 Å². The molecule has 0 atom stereocenters. The number of anilines is 1. The van der Waals surface area contributed by atoms with E-state index in [4.69, 9.17) is 15.9 Å². The van der Waals surface area contributed by atoms with E-state index in [0.717, 1.165) is 24.2 Å². The van der Waals surface area contributed by atoms with Gasteiger partial charge in [0, 0.05) is 31.5 Å². The van der Waals surface area contributed by atoms with Crippen LogP contribution in [0.3, 0.4) is 0 Å². The Morgan fingerprint density at radius 1 is 1.47 bits per heavy atom. The van der Waals surface area contributed by atoms with Crippen LogP contribution in [-0.2, 0) is 4.74 Å². The van der Waals surface area contributed by atoms with Gasteiger partial charge in [-0.25, -0.2) is 0 Å². The number of ether oxygens (including phenoxy) is 1. The first-order chi connectivity index (χ1) is 8.10. The molecule has 0 aromatic heterocycles. The van der Waals surface area contributed by atoms with E-state index < -0.39 is 0 Å². The maximum absolute atomic E-state index is 7.41. The number of nitrogen functional groups attached to an aromatic ring is 1. The molecular formula is C13H21N3O. The van der Waals surface area contributed by atoms with Crippen LogP contribution in [0.5, 0.6) is 0 Å². The Morgan fingerprint density at radius 2 is 2.18 bits per heavy atom. The van der Waals surface area contributed by atoms with E-state index >= 15 is 0 Å². The van der Waals surface area contributed by atoms with Crippen molar-refractivity contribution < 1.29 is 4.74 Å². The van der Waals surface area contributed by atoms with Crippen LogP contribution < -0.4 is 10.6 Å². The lowest BCUT2D eigenvalue weighted by Crippen LogP contribution is -2.27. The molecule has 0 fully saturated rings. The van der Waals surface area contributed by atoms with Crippen LogP contribution in [0.15, 0.2) is 18.2 Å². The predicted molar refractivity (Wildman–Crippen MR) is 72.0 cm³/mol. The minimum absolute atomic E-state index is 0.111. The van der Waals surface area contributed by atoms with Crippen molar-refractivity contribution in [3.05, 3.63) is 29.3 Å². The lowest BCUT2D eigenvalue weighted by Gasteiger charge is -2.25. The standard InChI is InChI=1S/C13H21N3O/c1-4-16(7-8-17-3)12-6-5-11(13(14)15)9-10(12)2/h5-6,9H,4,7-8H2,1-3H3,(H3,14,15). The fourth-order valence-electron chi connectivity index (χ4n) is 1.83. The van der Waals surface area contributed by atoms with Gasteiger partial charge in [-0.15, -0.1) is 0 Å². The van der Waals surface area contributed by atoms with Crippen LogP contribution in [0, 0.1) is 12.3 Å². The van der Waals surface area contributed by atoms with Crippen molar-refractivity contribution >= 4 is 11.5 Å². The number of methoxy groups -OCH3 is 1. The second kappa shape index (κ2) is 6.25. The fourth-order valence-corrected chi connectivity index (χ4v) is 1.83. The number of nitrogens with two attached hydrogens (primary N) is 1. The molecule has 1 aromatic rings. The van der Waals surface area contributed by atoms with Crippen LogP contribution >= 0.6 is 0 Å². The van der Waals surface area contributed by atoms with E-state index in [1.54, 1.807) is 7.11 Å². The first kappa shape index (κ1) is 13.5. The number of aryl methyl sites for hydroxylation is 1. The molecule has 0 radical (unpaired) electrons. The van der Waals surface area contributed by atoms with Gasteiger partial charge in [-0.05, 0) is 37.6 Å². The van der Waals surface area contributed by atoms with Crippen molar-refractivity contribution in [2.24, 2.45) is 5.73 Å². The van der Waals surface area contributed by atoms with Gasteiger partial charge in [-0.3, -0.25) is 5.41 Å². The number of hydrogen-bond acceptors (Lipinski definition) is 3. The Balaban J connectivity index is 2.92. The van der Waals surface area contributed by atoms with Crippen molar-refractivity contribution in [3.63, 3.8) is 0 Å². The molecule has 0 spiro atoms. The zero-order valence-electron chi connectivity index (χ0n) is 10.8. The summed E-state index contributed by atoms with van der Waals surface area (Å²) >= 11 is 0. The van der Waals surface area contributed by atoms with Gasteiger partial charge in [0.1, 0.15) is 5.84 Å². The average Bonchev–Trinajstić information content (AvgIpc) is 2.31. The molecule has 0 heterocycles. The molecule has 4 heteroatoms. The van der Waals surface area contributed by atoms with Gasteiger partial charge in [0.15, 0.2) is 0 Å². The molecule has 0 aliphatic rings. The van der Waals surface area contributed by atoms with Crippen LogP contribution in [0.4, 0.5) is 5.69 Å². The monoisotopic (exact) mass is 235 g/mol. The molecule has 0 unspecified atom stereocenters. The molecule has 4 nitrogen and oxygen atoms in total. The van der Waals surface area contributed by atoms with Crippen molar-refractivity contribution in [1.82, 2.24) is 0 Å². The first-order valence-corrected chi connectivity index (χ1v) is 5.79. The number of amidine groups is 1. The molecule has 1 rings (SSSR count). The summed E-state index contributed by atoms with van der Waals surface area (Å²) in [5, 5.41) is 7.41. The summed E-state index contributed by atoms with van der Waals surface area (Å²) in [4.78, 5) is 2.25. The molecule has 0 aliphatic carbocycles. The van der Waals surface area contributed by atoms with E-state index in [9.17, 15) is 0 Å². The topological polar surface area (TPSA) is 62.3 Å². The summed E-state index contributed by atoms with van der Waals surface area (Å²) in [6, 6.07) is 5.86. The molecule has 17 heavy (non-hydrogen) atoms. The van der Waals surface area contributed by atoms with Crippen LogP contribution in [0.1, 0.15) is 18.1 Å². The molecular weight excluding hydrogens is 214 g/mol. The average molecular weight is 235 g/mol. The van der Waals surface area contributed by atoms with E-state index in [1.165, 1.54) is 5.69 Å². The fraction of sp³-hybridized carbons (Fsp3) is 0.462. The van der Waals surface area contributed by atoms with Gasteiger partial charge in [0.25, 0.3) is 0 Å². The Labute approximate surface area is 103 Å². The largest absolute Gasteiger partial charge is 0.384 e. The highest BCUT2D eigenvalue weighted by atomic mass is 16.5. The van der Waals surface area contributed by atoms with E-state index in [1.807, 2.05) is 25.1 Å². The number of hydrogen-bond donors (Lipinski definition) is 2. The minimum Gasteiger partial charge on any atom is -0.384 e. The smallest absolute Gasteiger partial charge is 0.122 e. The predicted octanol–water partition coefficient (Wildman–Crippen LogP) is 1.75. The highest BCUT2D eigenvalue weighted by Gasteiger charge is 2.08. The first-order valence-electron chi connectivity index (χ1n) is 5.79. The number of likely N-dealkylation sites (N-methyl/N-ethyl adjacent to an activating group) is 1. The Bertz CT molecular complexity index is 390. The lowest BCUT2D eigenvalue weighted by atomic mass is 10.1. The Kier molecular flexibility index (Phi) is 4.97. The molecule has 0 saturated heterocycles. The van der Waals surface area contributed by atoms with E-state index in [0.29, 0.717) is 6.61 Å². The van der Waals surface area contributed by atoms with Gasteiger partial charge in [-0.1, -0.05) is 0 Å². The molecule has 0 amide bonds. The van der Waals surface area contributed by atoms with E-state index in [2.05, 4.69) is 11.8 Å². The van der Waals surface area contributed by atoms with Crippen molar-refractivity contribution in [1.29, 1.82) is 5.41 Å². The summed E-state index contributed by atoms with van der Waals surface area (Å²) in [6.07, 6.45) is 0. The summed E-state index contributed by atoms with van der Waals surface area (Å²) in [5.41, 5.74) is 8.55. The SMILES string of the molecule is CCN(CCOC)c1ccc(C(=N)N)cc1C.